The van der Waals surface area contributed by atoms with Crippen LogP contribution in [0.4, 0.5) is 0 Å². The van der Waals surface area contributed by atoms with Crippen molar-refractivity contribution in [3.05, 3.63) is 42.2 Å². The number of halogens is 1. The molecule has 31 heavy (non-hydrogen) atoms. The van der Waals surface area contributed by atoms with Gasteiger partial charge in [-0.25, -0.2) is 9.98 Å². The van der Waals surface area contributed by atoms with Gasteiger partial charge in [0.25, 0.3) is 0 Å². The van der Waals surface area contributed by atoms with E-state index in [1.807, 2.05) is 37.3 Å². The molecule has 3 heterocycles. The van der Waals surface area contributed by atoms with Crippen LogP contribution in [-0.4, -0.2) is 49.0 Å². The molecule has 3 N–H and O–H groups in total. The fraction of sp³-hybridized carbons (Fsp3) is 0.455. The summed E-state index contributed by atoms with van der Waals surface area (Å²) in [4.78, 5) is 9.32. The van der Waals surface area contributed by atoms with Crippen LogP contribution in [0.3, 0.4) is 0 Å². The Morgan fingerprint density at radius 2 is 2.13 bits per heavy atom. The molecule has 7 nitrogen and oxygen atoms in total. The maximum absolute atomic E-state index is 9.41. The summed E-state index contributed by atoms with van der Waals surface area (Å²) in [6.45, 7) is 5.54. The Morgan fingerprint density at radius 3 is 2.87 bits per heavy atom. The number of thiazole rings is 1. The van der Waals surface area contributed by atoms with E-state index >= 15 is 0 Å². The quantitative estimate of drug-likeness (QED) is 0.221. The third-order valence-corrected chi connectivity index (χ3v) is 6.41. The summed E-state index contributed by atoms with van der Waals surface area (Å²) in [5.41, 5.74) is 0.954. The lowest BCUT2D eigenvalue weighted by molar-refractivity contribution is 0.127. The molecule has 1 fully saturated rings. The highest BCUT2D eigenvalue weighted by molar-refractivity contribution is 14.0. The van der Waals surface area contributed by atoms with Crippen molar-refractivity contribution in [1.82, 2.24) is 15.6 Å². The van der Waals surface area contributed by atoms with Gasteiger partial charge < -0.3 is 24.9 Å². The number of aliphatic hydroxyl groups is 1. The Labute approximate surface area is 203 Å². The summed E-state index contributed by atoms with van der Waals surface area (Å²) < 4.78 is 12.7. The Kier molecular flexibility index (Phi) is 8.70. The number of furan rings is 1. The molecule has 0 spiro atoms. The number of hydrogen-bond acceptors (Lipinski definition) is 6. The third kappa shape index (κ3) is 5.97. The van der Waals surface area contributed by atoms with Gasteiger partial charge in [-0.3, -0.25) is 0 Å². The molecule has 1 saturated heterocycles. The van der Waals surface area contributed by atoms with Crippen molar-refractivity contribution in [1.29, 1.82) is 0 Å². The van der Waals surface area contributed by atoms with E-state index in [2.05, 4.69) is 26.7 Å². The highest BCUT2D eigenvalue weighted by Gasteiger charge is 2.34. The number of nitrogens with one attached hydrogen (secondary N) is 2. The van der Waals surface area contributed by atoms with Crippen LogP contribution in [0, 0.1) is 5.41 Å². The molecule has 2 aromatic heterocycles. The molecule has 0 amide bonds. The number of ether oxygens (including phenoxy) is 1. The number of rotatable bonds is 8. The molecule has 0 bridgehead atoms. The predicted octanol–water partition coefficient (Wildman–Crippen LogP) is 4.02. The lowest BCUT2D eigenvalue weighted by Crippen LogP contribution is -2.44. The van der Waals surface area contributed by atoms with Gasteiger partial charge in [0, 0.05) is 31.7 Å². The van der Waals surface area contributed by atoms with Crippen LogP contribution in [0.5, 0.6) is 0 Å². The normalized spacial score (nSPS) is 18.8. The van der Waals surface area contributed by atoms with E-state index in [0.29, 0.717) is 19.7 Å². The van der Waals surface area contributed by atoms with E-state index in [1.54, 1.807) is 11.3 Å². The number of para-hydroxylation sites is 1. The second-order valence-corrected chi connectivity index (χ2v) is 8.61. The minimum absolute atomic E-state index is 0. The fourth-order valence-electron chi connectivity index (χ4n) is 3.64. The zero-order valence-corrected chi connectivity index (χ0v) is 20.7. The molecular formula is C22H29IN4O3S. The minimum Gasteiger partial charge on any atom is -0.457 e. The Balaban J connectivity index is 0.00000272. The monoisotopic (exact) mass is 556 g/mol. The van der Waals surface area contributed by atoms with Crippen molar-refractivity contribution in [2.75, 3.05) is 32.9 Å². The van der Waals surface area contributed by atoms with Crippen molar-refractivity contribution in [3.8, 4) is 10.8 Å². The first-order valence-electron chi connectivity index (χ1n) is 10.4. The smallest absolute Gasteiger partial charge is 0.191 e. The molecule has 3 aromatic rings. The summed E-state index contributed by atoms with van der Waals surface area (Å²) in [7, 11) is 0. The zero-order chi connectivity index (χ0) is 20.8. The Morgan fingerprint density at radius 1 is 1.26 bits per heavy atom. The number of fused-ring (bicyclic) bond motifs is 1. The van der Waals surface area contributed by atoms with E-state index in [9.17, 15) is 5.11 Å². The highest BCUT2D eigenvalue weighted by Crippen LogP contribution is 2.32. The molecule has 1 aliphatic rings. The Bertz CT molecular complexity index is 964. The summed E-state index contributed by atoms with van der Waals surface area (Å²) in [6, 6.07) is 12.0. The SMILES string of the molecule is CCNC(=NCc1ccc(-c2nc3ccccc3s2)o1)NCC1(CCO)CCOC1.I. The van der Waals surface area contributed by atoms with Crippen LogP contribution in [0.1, 0.15) is 25.5 Å². The van der Waals surface area contributed by atoms with Crippen LogP contribution in [0.2, 0.25) is 0 Å². The average molecular weight is 556 g/mol. The average Bonchev–Trinajstić information content (AvgIpc) is 3.49. The molecule has 4 rings (SSSR count). The van der Waals surface area contributed by atoms with Crippen molar-refractivity contribution < 1.29 is 14.3 Å². The Hall–Kier alpha value is -1.69. The molecule has 0 aliphatic carbocycles. The van der Waals surface area contributed by atoms with Crippen molar-refractivity contribution >= 4 is 51.5 Å². The molecule has 1 aliphatic heterocycles. The standard InChI is InChI=1S/C22H28N4O3S.HI/c1-2-23-21(25-14-22(9-11-27)10-12-28-15-22)24-13-16-7-8-18(29-16)20-26-17-5-3-4-6-19(17)30-20;/h3-8,27H,2,9-15H2,1H3,(H2,23,24,25);1H. The van der Waals surface area contributed by atoms with Gasteiger partial charge in [0.1, 0.15) is 12.3 Å². The van der Waals surface area contributed by atoms with E-state index in [0.717, 1.165) is 58.7 Å². The first kappa shape index (κ1) is 24.0. The number of aromatic nitrogens is 1. The first-order chi connectivity index (χ1) is 14.7. The number of aliphatic imine (C=N–C) groups is 1. The van der Waals surface area contributed by atoms with Crippen molar-refractivity contribution in [2.45, 2.75) is 26.3 Å². The molecule has 1 unspecified atom stereocenters. The topological polar surface area (TPSA) is 91.9 Å². The number of guanidine groups is 1. The van der Waals surface area contributed by atoms with Gasteiger partial charge in [0.05, 0.1) is 16.8 Å². The molecule has 0 radical (unpaired) electrons. The van der Waals surface area contributed by atoms with Gasteiger partial charge in [-0.1, -0.05) is 12.1 Å². The van der Waals surface area contributed by atoms with Crippen LogP contribution >= 0.6 is 35.3 Å². The van der Waals surface area contributed by atoms with Gasteiger partial charge in [-0.15, -0.1) is 35.3 Å². The largest absolute Gasteiger partial charge is 0.457 e. The van der Waals surface area contributed by atoms with Crippen LogP contribution in [0.25, 0.3) is 21.0 Å². The fourth-order valence-corrected chi connectivity index (χ4v) is 4.56. The molecular weight excluding hydrogens is 527 g/mol. The van der Waals surface area contributed by atoms with Crippen LogP contribution < -0.4 is 10.6 Å². The summed E-state index contributed by atoms with van der Waals surface area (Å²) >= 11 is 1.62. The van der Waals surface area contributed by atoms with Gasteiger partial charge in [0.2, 0.25) is 0 Å². The molecule has 168 valence electrons. The number of benzene rings is 1. The van der Waals surface area contributed by atoms with E-state index in [4.69, 9.17) is 9.15 Å². The first-order valence-corrected chi connectivity index (χ1v) is 11.2. The third-order valence-electron chi connectivity index (χ3n) is 5.36. The van der Waals surface area contributed by atoms with Gasteiger partial charge in [-0.2, -0.15) is 0 Å². The lowest BCUT2D eigenvalue weighted by atomic mass is 9.84. The maximum Gasteiger partial charge on any atom is 0.191 e. The van der Waals surface area contributed by atoms with E-state index < -0.39 is 0 Å². The van der Waals surface area contributed by atoms with Gasteiger partial charge in [-0.05, 0) is 44.0 Å². The molecule has 1 aromatic carbocycles. The second-order valence-electron chi connectivity index (χ2n) is 7.58. The lowest BCUT2D eigenvalue weighted by Gasteiger charge is -2.27. The van der Waals surface area contributed by atoms with Crippen LogP contribution in [0.15, 0.2) is 45.8 Å². The summed E-state index contributed by atoms with van der Waals surface area (Å²) in [5, 5.41) is 17.0. The molecule has 0 saturated carbocycles. The number of hydrogen-bond donors (Lipinski definition) is 3. The van der Waals surface area contributed by atoms with Gasteiger partial charge in [0.15, 0.2) is 16.7 Å². The van der Waals surface area contributed by atoms with Crippen LogP contribution in [-0.2, 0) is 11.3 Å². The maximum atomic E-state index is 9.41. The van der Waals surface area contributed by atoms with E-state index in [-0.39, 0.29) is 36.0 Å². The van der Waals surface area contributed by atoms with Gasteiger partial charge >= 0.3 is 0 Å². The number of nitrogens with zero attached hydrogens (tertiary/aromatic N) is 2. The predicted molar refractivity (Wildman–Crippen MR) is 135 cm³/mol. The molecule has 1 atom stereocenters. The molecule has 9 heteroatoms. The highest BCUT2D eigenvalue weighted by atomic mass is 127. The second kappa shape index (κ2) is 11.3. The number of aliphatic hydroxyl groups excluding tert-OH is 1. The zero-order valence-electron chi connectivity index (χ0n) is 17.6. The van der Waals surface area contributed by atoms with E-state index in [1.165, 1.54) is 0 Å². The summed E-state index contributed by atoms with van der Waals surface area (Å²) in [5.74, 6) is 2.29. The van der Waals surface area contributed by atoms with Crippen molar-refractivity contribution in [2.24, 2.45) is 10.4 Å². The van der Waals surface area contributed by atoms with Crippen molar-refractivity contribution in [3.63, 3.8) is 0 Å². The minimum atomic E-state index is -0.0321. The summed E-state index contributed by atoms with van der Waals surface area (Å²) in [6.07, 6.45) is 1.67.